The first-order chi connectivity index (χ1) is 11.5. The minimum Gasteiger partial charge on any atom is -0.484 e. The van der Waals surface area contributed by atoms with Crippen LogP contribution >= 0.6 is 11.3 Å². The minimum atomic E-state index is 0.0781. The fourth-order valence-electron chi connectivity index (χ4n) is 3.31. The number of rotatable bonds is 4. The molecule has 5 heteroatoms. The maximum Gasteiger partial charge on any atom is 0.260 e. The number of aromatic nitrogens is 1. The Hall–Kier alpha value is -1.88. The molecule has 3 rings (SSSR count). The fraction of sp³-hybridized carbons (Fsp3) is 0.474. The minimum absolute atomic E-state index is 0.0781. The molecular weight excluding hydrogens is 320 g/mol. The fourth-order valence-corrected chi connectivity index (χ4v) is 4.12. The van der Waals surface area contributed by atoms with Gasteiger partial charge in [-0.3, -0.25) is 4.79 Å². The number of hydrogen-bond acceptors (Lipinski definition) is 4. The molecule has 0 bridgehead atoms. The first-order valence-electron chi connectivity index (χ1n) is 8.51. The summed E-state index contributed by atoms with van der Waals surface area (Å²) in [6.45, 7) is 6.34. The molecule has 128 valence electrons. The van der Waals surface area contributed by atoms with Crippen LogP contribution in [-0.4, -0.2) is 34.5 Å². The van der Waals surface area contributed by atoms with Crippen molar-refractivity contribution in [1.29, 1.82) is 0 Å². The highest BCUT2D eigenvalue weighted by molar-refractivity contribution is 7.13. The van der Waals surface area contributed by atoms with Gasteiger partial charge in [0.15, 0.2) is 6.61 Å². The summed E-state index contributed by atoms with van der Waals surface area (Å²) >= 11 is 1.63. The number of ether oxygens (including phenoxy) is 1. The molecule has 1 aliphatic rings. The third kappa shape index (κ3) is 3.78. The number of aryl methyl sites for hydroxylation is 1. The molecule has 0 spiro atoms. The predicted molar refractivity (Wildman–Crippen MR) is 97.4 cm³/mol. The molecule has 0 saturated carbocycles. The molecule has 2 heterocycles. The highest BCUT2D eigenvalue weighted by Crippen LogP contribution is 2.26. The van der Waals surface area contributed by atoms with Crippen LogP contribution in [0, 0.1) is 6.92 Å². The number of thiazole rings is 1. The lowest BCUT2D eigenvalue weighted by Gasteiger charge is -2.38. The largest absolute Gasteiger partial charge is 0.484 e. The van der Waals surface area contributed by atoms with E-state index in [2.05, 4.69) is 18.8 Å². The van der Waals surface area contributed by atoms with Crippen LogP contribution in [-0.2, 0) is 4.79 Å². The molecule has 0 radical (unpaired) electrons. The van der Waals surface area contributed by atoms with Gasteiger partial charge in [0.2, 0.25) is 0 Å². The van der Waals surface area contributed by atoms with Crippen molar-refractivity contribution in [3.8, 4) is 16.3 Å². The second kappa shape index (κ2) is 7.34. The quantitative estimate of drug-likeness (QED) is 0.831. The van der Waals surface area contributed by atoms with Crippen LogP contribution in [0.25, 0.3) is 10.6 Å². The van der Waals surface area contributed by atoms with Gasteiger partial charge in [-0.25, -0.2) is 4.98 Å². The van der Waals surface area contributed by atoms with Crippen molar-refractivity contribution in [1.82, 2.24) is 9.88 Å². The standard InChI is InChI=1S/C19H24N2O2S/c1-13-12-24-19(20-13)16-7-9-17(10-8-16)23-11-18(22)21-14(2)5-4-6-15(21)3/h7-10,12,14-15H,4-6,11H2,1-3H3/t14-,15-/m1/s1. The van der Waals surface area contributed by atoms with E-state index >= 15 is 0 Å². The van der Waals surface area contributed by atoms with E-state index in [1.165, 1.54) is 6.42 Å². The Morgan fingerprint density at radius 2 is 1.92 bits per heavy atom. The van der Waals surface area contributed by atoms with Crippen molar-refractivity contribution in [2.24, 2.45) is 0 Å². The van der Waals surface area contributed by atoms with Crippen LogP contribution in [0.3, 0.4) is 0 Å². The summed E-state index contributed by atoms with van der Waals surface area (Å²) in [5.74, 6) is 0.798. The molecule has 24 heavy (non-hydrogen) atoms. The Balaban J connectivity index is 1.59. The molecule has 2 aromatic rings. The van der Waals surface area contributed by atoms with Gasteiger partial charge in [-0.05, 0) is 64.3 Å². The van der Waals surface area contributed by atoms with E-state index in [9.17, 15) is 4.79 Å². The Morgan fingerprint density at radius 1 is 1.25 bits per heavy atom. The zero-order valence-electron chi connectivity index (χ0n) is 14.5. The maximum atomic E-state index is 12.5. The van der Waals surface area contributed by atoms with Gasteiger partial charge in [0, 0.05) is 28.7 Å². The molecule has 2 atom stereocenters. The van der Waals surface area contributed by atoms with E-state index in [0.717, 1.165) is 34.9 Å². The summed E-state index contributed by atoms with van der Waals surface area (Å²) in [6, 6.07) is 8.40. The van der Waals surface area contributed by atoms with Crippen LogP contribution in [0.15, 0.2) is 29.6 Å². The molecule has 0 aliphatic carbocycles. The summed E-state index contributed by atoms with van der Waals surface area (Å²) in [4.78, 5) is 18.9. The Labute approximate surface area is 147 Å². The molecule has 1 fully saturated rings. The van der Waals surface area contributed by atoms with Crippen LogP contribution in [0.4, 0.5) is 0 Å². The van der Waals surface area contributed by atoms with Crippen molar-refractivity contribution in [3.05, 3.63) is 35.3 Å². The second-order valence-electron chi connectivity index (χ2n) is 6.54. The highest BCUT2D eigenvalue weighted by atomic mass is 32.1. The van der Waals surface area contributed by atoms with Crippen molar-refractivity contribution in [2.45, 2.75) is 52.1 Å². The van der Waals surface area contributed by atoms with Crippen molar-refractivity contribution in [3.63, 3.8) is 0 Å². The van der Waals surface area contributed by atoms with Crippen LogP contribution in [0.1, 0.15) is 38.8 Å². The summed E-state index contributed by atoms with van der Waals surface area (Å²) in [5, 5.41) is 3.05. The molecule has 1 aromatic heterocycles. The molecule has 0 N–H and O–H groups in total. The first-order valence-corrected chi connectivity index (χ1v) is 9.39. The molecule has 1 aromatic carbocycles. The summed E-state index contributed by atoms with van der Waals surface area (Å²) in [6.07, 6.45) is 3.36. The Morgan fingerprint density at radius 3 is 2.50 bits per heavy atom. The van der Waals surface area contributed by atoms with E-state index in [4.69, 9.17) is 4.74 Å². The molecule has 1 amide bonds. The van der Waals surface area contributed by atoms with Crippen molar-refractivity contribution < 1.29 is 9.53 Å². The number of hydrogen-bond donors (Lipinski definition) is 0. The third-order valence-electron chi connectivity index (χ3n) is 4.56. The smallest absolute Gasteiger partial charge is 0.260 e. The number of amides is 1. The summed E-state index contributed by atoms with van der Waals surface area (Å²) < 4.78 is 5.71. The van der Waals surface area contributed by atoms with Crippen LogP contribution in [0.2, 0.25) is 0 Å². The normalized spacial score (nSPS) is 20.9. The number of nitrogens with zero attached hydrogens (tertiary/aromatic N) is 2. The van der Waals surface area contributed by atoms with E-state index < -0.39 is 0 Å². The topological polar surface area (TPSA) is 42.4 Å². The number of piperidine rings is 1. The van der Waals surface area contributed by atoms with Crippen molar-refractivity contribution in [2.75, 3.05) is 6.61 Å². The summed E-state index contributed by atoms with van der Waals surface area (Å²) in [5.41, 5.74) is 2.11. The Kier molecular flexibility index (Phi) is 5.19. The zero-order valence-corrected chi connectivity index (χ0v) is 15.3. The lowest BCUT2D eigenvalue weighted by Crippen LogP contribution is -2.49. The molecule has 0 unspecified atom stereocenters. The van der Waals surface area contributed by atoms with Crippen LogP contribution in [0.5, 0.6) is 5.75 Å². The second-order valence-corrected chi connectivity index (χ2v) is 7.40. The van der Waals surface area contributed by atoms with E-state index in [-0.39, 0.29) is 12.5 Å². The van der Waals surface area contributed by atoms with E-state index in [0.29, 0.717) is 12.1 Å². The average molecular weight is 344 g/mol. The van der Waals surface area contributed by atoms with Gasteiger partial charge in [0.05, 0.1) is 0 Å². The first kappa shape index (κ1) is 17.0. The van der Waals surface area contributed by atoms with Crippen LogP contribution < -0.4 is 4.74 Å². The molecule has 4 nitrogen and oxygen atoms in total. The number of likely N-dealkylation sites (tertiary alicyclic amines) is 1. The monoisotopic (exact) mass is 344 g/mol. The summed E-state index contributed by atoms with van der Waals surface area (Å²) in [7, 11) is 0. The number of carbonyl (C=O) groups excluding carboxylic acids is 1. The lowest BCUT2D eigenvalue weighted by atomic mass is 9.97. The van der Waals surface area contributed by atoms with Crippen molar-refractivity contribution >= 4 is 17.2 Å². The van der Waals surface area contributed by atoms with Gasteiger partial charge in [-0.1, -0.05) is 0 Å². The van der Waals surface area contributed by atoms with Gasteiger partial charge in [-0.2, -0.15) is 0 Å². The predicted octanol–water partition coefficient (Wildman–Crippen LogP) is 4.29. The average Bonchev–Trinajstić information content (AvgIpc) is 3.00. The maximum absolute atomic E-state index is 12.5. The lowest BCUT2D eigenvalue weighted by molar-refractivity contribution is -0.139. The van der Waals surface area contributed by atoms with E-state index in [1.54, 1.807) is 11.3 Å². The van der Waals surface area contributed by atoms with Gasteiger partial charge >= 0.3 is 0 Å². The number of carbonyl (C=O) groups is 1. The third-order valence-corrected chi connectivity index (χ3v) is 5.57. The number of benzene rings is 1. The highest BCUT2D eigenvalue weighted by Gasteiger charge is 2.28. The van der Waals surface area contributed by atoms with Gasteiger partial charge in [0.1, 0.15) is 10.8 Å². The van der Waals surface area contributed by atoms with Gasteiger partial charge in [-0.15, -0.1) is 11.3 Å². The molecule has 1 aliphatic heterocycles. The van der Waals surface area contributed by atoms with E-state index in [1.807, 2.05) is 41.5 Å². The zero-order chi connectivity index (χ0) is 17.1. The molecule has 1 saturated heterocycles. The van der Waals surface area contributed by atoms with Gasteiger partial charge in [0.25, 0.3) is 5.91 Å². The SMILES string of the molecule is Cc1csc(-c2ccc(OCC(=O)N3[C@H](C)CCC[C@H]3C)cc2)n1. The van der Waals surface area contributed by atoms with Gasteiger partial charge < -0.3 is 9.64 Å². The molecular formula is C19H24N2O2S. The Bertz CT molecular complexity index is 686.